The molecule has 1 aromatic heterocycles. The van der Waals surface area contributed by atoms with Crippen molar-refractivity contribution in [1.82, 2.24) is 15.2 Å². The van der Waals surface area contributed by atoms with Crippen LogP contribution in [0.4, 0.5) is 5.82 Å². The lowest BCUT2D eigenvalue weighted by Gasteiger charge is -2.08. The number of aromatic amines is 2. The van der Waals surface area contributed by atoms with Crippen molar-refractivity contribution in [2.45, 2.75) is 20.3 Å². The van der Waals surface area contributed by atoms with Crippen molar-refractivity contribution >= 4 is 5.82 Å². The molecule has 6 heteroatoms. The van der Waals surface area contributed by atoms with E-state index in [2.05, 4.69) is 34.3 Å². The highest BCUT2D eigenvalue weighted by Crippen LogP contribution is 2.00. The van der Waals surface area contributed by atoms with Crippen LogP contribution in [0.15, 0.2) is 9.59 Å². The monoisotopic (exact) mass is 198 g/mol. The Bertz CT molecular complexity index is 395. The molecule has 0 fully saturated rings. The first-order valence-electron chi connectivity index (χ1n) is 4.56. The van der Waals surface area contributed by atoms with E-state index in [0.29, 0.717) is 12.5 Å². The minimum absolute atomic E-state index is 0.157. The van der Waals surface area contributed by atoms with Gasteiger partial charge < -0.3 is 5.32 Å². The van der Waals surface area contributed by atoms with Crippen LogP contribution in [0, 0.1) is 5.92 Å². The van der Waals surface area contributed by atoms with Crippen LogP contribution in [0.3, 0.4) is 0 Å². The largest absolute Gasteiger partial charge is 0.364 e. The first-order valence-corrected chi connectivity index (χ1v) is 4.56. The molecule has 0 saturated heterocycles. The molecule has 1 unspecified atom stereocenters. The van der Waals surface area contributed by atoms with Gasteiger partial charge in [0.15, 0.2) is 0 Å². The number of nitrogens with zero attached hydrogens (tertiary/aromatic N) is 1. The topological polar surface area (TPSA) is 90.6 Å². The third-order valence-electron chi connectivity index (χ3n) is 2.03. The second-order valence-electron chi connectivity index (χ2n) is 3.25. The summed E-state index contributed by atoms with van der Waals surface area (Å²) in [7, 11) is 0. The number of hydrogen-bond acceptors (Lipinski definition) is 4. The summed E-state index contributed by atoms with van der Waals surface area (Å²) in [6, 6.07) is 0. The van der Waals surface area contributed by atoms with Crippen molar-refractivity contribution in [2.75, 3.05) is 11.9 Å². The highest BCUT2D eigenvalue weighted by molar-refractivity contribution is 5.28. The van der Waals surface area contributed by atoms with Crippen molar-refractivity contribution in [2.24, 2.45) is 5.92 Å². The Morgan fingerprint density at radius 1 is 1.50 bits per heavy atom. The first-order chi connectivity index (χ1) is 6.63. The molecule has 0 spiro atoms. The fraction of sp³-hybridized carbons (Fsp3) is 0.625. The van der Waals surface area contributed by atoms with Gasteiger partial charge in [-0.3, -0.25) is 9.78 Å². The molecule has 3 N–H and O–H groups in total. The van der Waals surface area contributed by atoms with Crippen LogP contribution in [0.5, 0.6) is 0 Å². The summed E-state index contributed by atoms with van der Waals surface area (Å²) in [6.07, 6.45) is 1.02. The van der Waals surface area contributed by atoms with E-state index in [1.165, 1.54) is 0 Å². The van der Waals surface area contributed by atoms with Gasteiger partial charge in [-0.15, -0.1) is 5.10 Å². The number of anilines is 1. The van der Waals surface area contributed by atoms with Crippen molar-refractivity contribution in [3.05, 3.63) is 20.8 Å². The van der Waals surface area contributed by atoms with E-state index in [-0.39, 0.29) is 5.82 Å². The normalized spacial score (nSPS) is 12.4. The fourth-order valence-corrected chi connectivity index (χ4v) is 0.883. The molecule has 1 atom stereocenters. The smallest absolute Gasteiger partial charge is 0.342 e. The van der Waals surface area contributed by atoms with Crippen LogP contribution in [0.2, 0.25) is 0 Å². The summed E-state index contributed by atoms with van der Waals surface area (Å²) in [4.78, 5) is 23.9. The van der Waals surface area contributed by atoms with Crippen LogP contribution in [0.25, 0.3) is 0 Å². The van der Waals surface area contributed by atoms with Gasteiger partial charge in [0.2, 0.25) is 5.82 Å². The molecule has 0 aliphatic carbocycles. The highest BCUT2D eigenvalue weighted by atomic mass is 16.2. The summed E-state index contributed by atoms with van der Waals surface area (Å²) >= 11 is 0. The Balaban J connectivity index is 2.68. The van der Waals surface area contributed by atoms with Gasteiger partial charge in [0.1, 0.15) is 0 Å². The minimum Gasteiger partial charge on any atom is -0.364 e. The molecule has 1 rings (SSSR count). The van der Waals surface area contributed by atoms with Gasteiger partial charge in [-0.25, -0.2) is 9.89 Å². The maximum atomic E-state index is 11.1. The lowest BCUT2D eigenvalue weighted by atomic mass is 10.1. The SMILES string of the molecule is CCC(C)CNc1n[nH]c(=O)[nH]c1=O. The van der Waals surface area contributed by atoms with Gasteiger partial charge in [0.25, 0.3) is 5.56 Å². The van der Waals surface area contributed by atoms with Crippen LogP contribution in [-0.2, 0) is 0 Å². The lowest BCUT2D eigenvalue weighted by Crippen LogP contribution is -2.28. The van der Waals surface area contributed by atoms with Crippen molar-refractivity contribution < 1.29 is 0 Å². The van der Waals surface area contributed by atoms with Crippen LogP contribution in [0.1, 0.15) is 20.3 Å². The molecule has 0 amide bonds. The van der Waals surface area contributed by atoms with E-state index in [1.807, 2.05) is 0 Å². The van der Waals surface area contributed by atoms with Gasteiger partial charge in [0.05, 0.1) is 0 Å². The Morgan fingerprint density at radius 2 is 2.21 bits per heavy atom. The predicted octanol–water partition coefficient (Wildman–Crippen LogP) is -0.0838. The molecule has 0 bridgehead atoms. The third-order valence-corrected chi connectivity index (χ3v) is 2.03. The summed E-state index contributed by atoms with van der Waals surface area (Å²) in [6.45, 7) is 4.79. The van der Waals surface area contributed by atoms with E-state index < -0.39 is 11.2 Å². The second-order valence-corrected chi connectivity index (χ2v) is 3.25. The maximum Gasteiger partial charge on any atom is 0.342 e. The Labute approximate surface area is 80.8 Å². The van der Waals surface area contributed by atoms with Gasteiger partial charge in [-0.05, 0) is 5.92 Å². The molecule has 0 aliphatic heterocycles. The van der Waals surface area contributed by atoms with E-state index in [4.69, 9.17) is 0 Å². The maximum absolute atomic E-state index is 11.1. The Morgan fingerprint density at radius 3 is 2.79 bits per heavy atom. The van der Waals surface area contributed by atoms with Crippen molar-refractivity contribution in [3.8, 4) is 0 Å². The average molecular weight is 198 g/mol. The summed E-state index contributed by atoms with van der Waals surface area (Å²) < 4.78 is 0. The number of H-pyrrole nitrogens is 2. The summed E-state index contributed by atoms with van der Waals surface area (Å²) in [5, 5.41) is 8.62. The molecule has 14 heavy (non-hydrogen) atoms. The zero-order valence-corrected chi connectivity index (χ0v) is 8.26. The van der Waals surface area contributed by atoms with Crippen LogP contribution < -0.4 is 16.6 Å². The second kappa shape index (κ2) is 4.59. The van der Waals surface area contributed by atoms with Crippen LogP contribution in [-0.4, -0.2) is 21.7 Å². The van der Waals surface area contributed by atoms with Gasteiger partial charge in [-0.2, -0.15) is 0 Å². The van der Waals surface area contributed by atoms with Gasteiger partial charge >= 0.3 is 5.69 Å². The molecule has 1 heterocycles. The Kier molecular flexibility index (Phi) is 3.44. The lowest BCUT2D eigenvalue weighted by molar-refractivity contribution is 0.591. The molecular weight excluding hydrogens is 184 g/mol. The minimum atomic E-state index is -0.593. The van der Waals surface area contributed by atoms with Gasteiger partial charge in [-0.1, -0.05) is 20.3 Å². The van der Waals surface area contributed by atoms with E-state index in [0.717, 1.165) is 6.42 Å². The number of nitrogens with one attached hydrogen (secondary N) is 3. The quantitative estimate of drug-likeness (QED) is 0.631. The summed E-state index contributed by atoms with van der Waals surface area (Å²) in [5.74, 6) is 0.619. The molecular formula is C8H14N4O2. The zero-order chi connectivity index (χ0) is 10.6. The number of rotatable bonds is 4. The van der Waals surface area contributed by atoms with Crippen LogP contribution >= 0.6 is 0 Å². The molecule has 0 saturated carbocycles. The molecule has 78 valence electrons. The zero-order valence-electron chi connectivity index (χ0n) is 8.26. The molecule has 0 aromatic carbocycles. The van der Waals surface area contributed by atoms with E-state index >= 15 is 0 Å². The average Bonchev–Trinajstić information content (AvgIpc) is 2.16. The number of aromatic nitrogens is 3. The van der Waals surface area contributed by atoms with Crippen molar-refractivity contribution in [1.29, 1.82) is 0 Å². The fourth-order valence-electron chi connectivity index (χ4n) is 0.883. The Hall–Kier alpha value is -1.59. The molecule has 0 radical (unpaired) electrons. The van der Waals surface area contributed by atoms with Crippen molar-refractivity contribution in [3.63, 3.8) is 0 Å². The summed E-state index contributed by atoms with van der Waals surface area (Å²) in [5.41, 5.74) is -1.08. The standard InChI is InChI=1S/C8H14N4O2/c1-3-5(2)4-9-6-7(13)10-8(14)12-11-6/h5H,3-4H2,1-2H3,(H,9,11)(H2,10,12,13,14). The third kappa shape index (κ3) is 2.72. The predicted molar refractivity (Wildman–Crippen MR) is 53.4 cm³/mol. The number of hydrogen-bond donors (Lipinski definition) is 3. The van der Waals surface area contributed by atoms with Gasteiger partial charge in [0, 0.05) is 6.54 Å². The molecule has 0 aliphatic rings. The first kappa shape index (κ1) is 10.5. The molecule has 6 nitrogen and oxygen atoms in total. The highest BCUT2D eigenvalue weighted by Gasteiger charge is 2.03. The van der Waals surface area contributed by atoms with E-state index in [9.17, 15) is 9.59 Å². The van der Waals surface area contributed by atoms with E-state index in [1.54, 1.807) is 0 Å². The molecule has 1 aromatic rings.